The van der Waals surface area contributed by atoms with Gasteiger partial charge >= 0.3 is 12.1 Å². The lowest BCUT2D eigenvalue weighted by Gasteiger charge is -2.23. The fraction of sp³-hybridized carbons (Fsp3) is 0.238. The Balaban J connectivity index is 2.43. The molecule has 0 saturated heterocycles. The minimum Gasteiger partial charge on any atom is -0.466 e. The van der Waals surface area contributed by atoms with Crippen molar-refractivity contribution in [2.75, 3.05) is 14.2 Å². The molecule has 0 heterocycles. The van der Waals surface area contributed by atoms with E-state index in [0.29, 0.717) is 17.8 Å². The molecule has 0 saturated carbocycles. The third-order valence-corrected chi connectivity index (χ3v) is 4.13. The first-order chi connectivity index (χ1) is 13.5. The van der Waals surface area contributed by atoms with E-state index in [1.807, 2.05) is 30.3 Å². The summed E-state index contributed by atoms with van der Waals surface area (Å²) in [4.78, 5) is 24.4. The molecular formula is C21H23FN2O4. The molecule has 1 unspecified atom stereocenters. The second-order valence-electron chi connectivity index (χ2n) is 5.99. The maximum absolute atomic E-state index is 13.8. The van der Waals surface area contributed by atoms with Crippen molar-refractivity contribution in [1.82, 2.24) is 10.6 Å². The van der Waals surface area contributed by atoms with Crippen LogP contribution in [-0.4, -0.2) is 26.3 Å². The monoisotopic (exact) mass is 386 g/mol. The van der Waals surface area contributed by atoms with E-state index >= 15 is 0 Å². The largest absolute Gasteiger partial charge is 0.466 e. The van der Waals surface area contributed by atoms with Gasteiger partial charge in [-0.1, -0.05) is 42.5 Å². The van der Waals surface area contributed by atoms with Crippen LogP contribution < -0.4 is 10.6 Å². The van der Waals surface area contributed by atoms with Crippen LogP contribution in [0.25, 0.3) is 0 Å². The zero-order valence-corrected chi connectivity index (χ0v) is 16.0. The number of carbonyl (C=O) groups excluding carboxylic acids is 2. The van der Waals surface area contributed by atoms with Crippen molar-refractivity contribution in [2.24, 2.45) is 0 Å². The van der Waals surface area contributed by atoms with E-state index in [1.165, 1.54) is 32.4 Å². The van der Waals surface area contributed by atoms with Gasteiger partial charge in [-0.25, -0.2) is 14.0 Å². The number of alkyl carbamates (subject to hydrolysis) is 1. The normalized spacial score (nSPS) is 12.4. The second kappa shape index (κ2) is 10.1. The van der Waals surface area contributed by atoms with Crippen LogP contribution >= 0.6 is 0 Å². The predicted molar refractivity (Wildman–Crippen MR) is 103 cm³/mol. The molecule has 1 amide bonds. The fourth-order valence-electron chi connectivity index (χ4n) is 2.71. The molecule has 0 aliphatic carbocycles. The van der Waals surface area contributed by atoms with E-state index in [-0.39, 0.29) is 5.57 Å². The maximum atomic E-state index is 13.8. The highest BCUT2D eigenvalue weighted by molar-refractivity contribution is 5.91. The number of rotatable bonds is 7. The molecule has 2 aromatic carbocycles. The van der Waals surface area contributed by atoms with Crippen molar-refractivity contribution < 1.29 is 23.5 Å². The maximum Gasteiger partial charge on any atom is 0.407 e. The minimum atomic E-state index is -0.959. The molecule has 2 rings (SSSR count). The number of benzene rings is 2. The molecule has 0 bridgehead atoms. The number of nitrogens with one attached hydrogen (secondary N) is 2. The van der Waals surface area contributed by atoms with Crippen LogP contribution in [-0.2, 0) is 20.8 Å². The van der Waals surface area contributed by atoms with Crippen molar-refractivity contribution in [2.45, 2.75) is 19.5 Å². The van der Waals surface area contributed by atoms with Gasteiger partial charge in [-0.05, 0) is 30.2 Å². The lowest BCUT2D eigenvalue weighted by Crippen LogP contribution is -2.34. The highest BCUT2D eigenvalue weighted by Crippen LogP contribution is 2.26. The summed E-state index contributed by atoms with van der Waals surface area (Å²) in [5.74, 6) is -1.14. The smallest absolute Gasteiger partial charge is 0.407 e. The Morgan fingerprint density at radius 2 is 1.75 bits per heavy atom. The van der Waals surface area contributed by atoms with Crippen LogP contribution in [0.3, 0.4) is 0 Å². The molecule has 28 heavy (non-hydrogen) atoms. The van der Waals surface area contributed by atoms with Gasteiger partial charge in [0.15, 0.2) is 0 Å². The average Bonchev–Trinajstić information content (AvgIpc) is 2.72. The van der Waals surface area contributed by atoms with Crippen molar-refractivity contribution in [3.8, 4) is 0 Å². The molecule has 1 atom stereocenters. The van der Waals surface area contributed by atoms with Crippen molar-refractivity contribution >= 4 is 12.1 Å². The number of methoxy groups -OCH3 is 2. The fourth-order valence-corrected chi connectivity index (χ4v) is 2.71. The average molecular weight is 386 g/mol. The SMILES string of the molecule is COC(=O)NC(/C(C(=O)OC)=C(/C)NCc1ccccc1)c1cccc(F)c1. The Kier molecular flexibility index (Phi) is 7.56. The van der Waals surface area contributed by atoms with Gasteiger partial charge in [0.1, 0.15) is 5.82 Å². The van der Waals surface area contributed by atoms with E-state index in [1.54, 1.807) is 13.0 Å². The van der Waals surface area contributed by atoms with Crippen LogP contribution in [0.5, 0.6) is 0 Å². The third kappa shape index (κ3) is 5.57. The summed E-state index contributed by atoms with van der Waals surface area (Å²) in [5, 5.41) is 5.74. The number of allylic oxidation sites excluding steroid dienone is 1. The number of hydrogen-bond acceptors (Lipinski definition) is 5. The van der Waals surface area contributed by atoms with E-state index in [0.717, 1.165) is 5.56 Å². The Hall–Kier alpha value is -3.35. The number of ether oxygens (including phenoxy) is 2. The summed E-state index contributed by atoms with van der Waals surface area (Å²) in [7, 11) is 2.45. The van der Waals surface area contributed by atoms with Crippen LogP contribution in [0.4, 0.5) is 9.18 Å². The third-order valence-electron chi connectivity index (χ3n) is 4.13. The van der Waals surface area contributed by atoms with E-state index in [2.05, 4.69) is 15.4 Å². The molecule has 0 spiro atoms. The van der Waals surface area contributed by atoms with Gasteiger partial charge in [-0.2, -0.15) is 0 Å². The van der Waals surface area contributed by atoms with Gasteiger partial charge in [-0.3, -0.25) is 0 Å². The summed E-state index contributed by atoms with van der Waals surface area (Å²) < 4.78 is 23.3. The van der Waals surface area contributed by atoms with Gasteiger partial charge in [-0.15, -0.1) is 0 Å². The summed E-state index contributed by atoms with van der Waals surface area (Å²) in [5.41, 5.74) is 2.02. The number of hydrogen-bond donors (Lipinski definition) is 2. The zero-order chi connectivity index (χ0) is 20.5. The molecule has 7 heteroatoms. The quantitative estimate of drug-likeness (QED) is 0.563. The highest BCUT2D eigenvalue weighted by Gasteiger charge is 2.28. The minimum absolute atomic E-state index is 0.148. The first-order valence-electron chi connectivity index (χ1n) is 8.63. The molecule has 6 nitrogen and oxygen atoms in total. The first-order valence-corrected chi connectivity index (χ1v) is 8.63. The molecule has 148 valence electrons. The molecule has 2 N–H and O–H groups in total. The lowest BCUT2D eigenvalue weighted by molar-refractivity contribution is -0.136. The van der Waals surface area contributed by atoms with E-state index in [4.69, 9.17) is 4.74 Å². The number of esters is 1. The van der Waals surface area contributed by atoms with Crippen molar-refractivity contribution in [1.29, 1.82) is 0 Å². The van der Waals surface area contributed by atoms with Crippen LogP contribution in [0, 0.1) is 5.82 Å². The lowest BCUT2D eigenvalue weighted by atomic mass is 9.96. The molecule has 0 radical (unpaired) electrons. The summed E-state index contributed by atoms with van der Waals surface area (Å²) in [6.07, 6.45) is -0.758. The molecule has 2 aromatic rings. The van der Waals surface area contributed by atoms with Crippen LogP contribution in [0.15, 0.2) is 65.9 Å². The van der Waals surface area contributed by atoms with Crippen molar-refractivity contribution in [3.63, 3.8) is 0 Å². The van der Waals surface area contributed by atoms with Gasteiger partial charge in [0, 0.05) is 12.2 Å². The molecule has 0 aromatic heterocycles. The number of carbonyl (C=O) groups is 2. The van der Waals surface area contributed by atoms with Gasteiger partial charge < -0.3 is 20.1 Å². The zero-order valence-electron chi connectivity index (χ0n) is 16.0. The van der Waals surface area contributed by atoms with Gasteiger partial charge in [0.2, 0.25) is 0 Å². The topological polar surface area (TPSA) is 76.7 Å². The first kappa shape index (κ1) is 21.0. The van der Waals surface area contributed by atoms with Gasteiger partial charge in [0.25, 0.3) is 0 Å². The molecular weight excluding hydrogens is 363 g/mol. The summed E-state index contributed by atoms with van der Waals surface area (Å²) >= 11 is 0. The van der Waals surface area contributed by atoms with E-state index < -0.39 is 23.9 Å². The van der Waals surface area contributed by atoms with E-state index in [9.17, 15) is 14.0 Å². The van der Waals surface area contributed by atoms with Crippen molar-refractivity contribution in [3.05, 3.63) is 82.8 Å². The summed E-state index contributed by atoms with van der Waals surface area (Å²) in [6, 6.07) is 14.3. The Labute approximate surface area is 163 Å². The Bertz CT molecular complexity index is 852. The molecule has 0 aliphatic heterocycles. The predicted octanol–water partition coefficient (Wildman–Crippen LogP) is 3.46. The molecule has 0 aliphatic rings. The number of amides is 1. The second-order valence-corrected chi connectivity index (χ2v) is 5.99. The van der Waals surface area contributed by atoms with Gasteiger partial charge in [0.05, 0.1) is 25.8 Å². The Morgan fingerprint density at radius 3 is 2.36 bits per heavy atom. The van der Waals surface area contributed by atoms with Crippen LogP contribution in [0.2, 0.25) is 0 Å². The Morgan fingerprint density at radius 1 is 1.04 bits per heavy atom. The molecule has 0 fully saturated rings. The standard InChI is InChI=1S/C21H23FN2O4/c1-14(23-13-15-8-5-4-6-9-15)18(20(25)27-2)19(24-21(26)28-3)16-10-7-11-17(22)12-16/h4-12,19,23H,13H2,1-3H3,(H,24,26)/b18-14+. The number of halogens is 1. The van der Waals surface area contributed by atoms with Crippen LogP contribution in [0.1, 0.15) is 24.1 Å². The highest BCUT2D eigenvalue weighted by atomic mass is 19.1. The summed E-state index contributed by atoms with van der Waals surface area (Å²) in [6.45, 7) is 2.15.